The number of nitrogens with one attached hydrogen (secondary N) is 2. The molecule has 0 bridgehead atoms. The summed E-state index contributed by atoms with van der Waals surface area (Å²) in [6, 6.07) is -3.90. The molecule has 0 aromatic carbocycles. The quantitative estimate of drug-likeness (QED) is 0.0223. The van der Waals surface area contributed by atoms with Gasteiger partial charge in [0, 0.05) is 13.8 Å². The van der Waals surface area contributed by atoms with Gasteiger partial charge < -0.3 is 141 Å². The highest BCUT2D eigenvalue weighted by Gasteiger charge is 2.62. The summed E-state index contributed by atoms with van der Waals surface area (Å²) in [4.78, 5) is 87.8. The van der Waals surface area contributed by atoms with Crippen molar-refractivity contribution in [3.63, 3.8) is 0 Å². The van der Waals surface area contributed by atoms with Crippen LogP contribution in [0.4, 0.5) is 4.79 Å². The van der Waals surface area contributed by atoms with Gasteiger partial charge in [0.25, 0.3) is 0 Å². The number of nitrogens with two attached hydrogens (primary N) is 3. The molecule has 5 fully saturated rings. The Hall–Kier alpha value is -5.37. The first-order valence-electron chi connectivity index (χ1n) is 33.0. The zero-order valence-electron chi connectivity index (χ0n) is 58.5. The van der Waals surface area contributed by atoms with E-state index < -0.39 is 222 Å². The number of carboxylic acid groups (broad SMARTS) is 1. The van der Waals surface area contributed by atoms with Crippen LogP contribution in [0.2, 0.25) is 0 Å². The van der Waals surface area contributed by atoms with E-state index in [-0.39, 0.29) is 12.0 Å². The Morgan fingerprint density at radius 1 is 0.667 bits per heavy atom. The Morgan fingerprint density at radius 3 is 1.80 bits per heavy atom. The molecule has 5 saturated heterocycles. The highest BCUT2D eigenvalue weighted by molar-refractivity contribution is 7.47. The summed E-state index contributed by atoms with van der Waals surface area (Å²) in [7, 11) is -5.82. The van der Waals surface area contributed by atoms with E-state index in [4.69, 9.17) is 78.4 Å². The third-order valence-corrected chi connectivity index (χ3v) is 18.5. The lowest BCUT2D eigenvalue weighted by molar-refractivity contribution is -0.375. The summed E-state index contributed by atoms with van der Waals surface area (Å²) in [6.45, 7) is 16.9. The normalized spacial score (nSPS) is 36.4. The number of carboxylic acids is 1. The van der Waals surface area contributed by atoms with Crippen molar-refractivity contribution in [2.24, 2.45) is 22.6 Å². The SMILES string of the molecule is C=C(C/C=C(\C)CCC=C(C)C)CCC(C)(C)/C=C/CC/C(C)=C\CO[C@@H](COP(=O)(O)O[C@H]1O[C@H](C(N)=O)[C@@](C)(O)[C@H](OC(N)=O)[C@H]1O[C@@H]1O[C@H](CO[C@@H]2O[C@H](CO)[C@@H](O)[C@H](O)[C@H]2O)[C@@H](O[C@@H]2O[C@H](C)[C@@H](O[C@@H]3O[C@H](C(N)=O)[C@H](O)[C@H](O)[C@H]3O)[C@H](O)[C@H]2NC(C)=O)[C@H](O)[C@H]1NC(C)=O)C(=O)O. The number of hydrogen-bond donors (Lipinski definition) is 17. The molecular weight excluding hydrogens is 1380 g/mol. The second-order valence-corrected chi connectivity index (χ2v) is 28.4. The fourth-order valence-corrected chi connectivity index (χ4v) is 12.5. The molecule has 5 aliphatic heterocycles. The lowest BCUT2D eigenvalue weighted by Crippen LogP contribution is -2.72. The number of hydrogen-bond acceptors (Lipinski definition) is 30. The molecule has 0 aromatic heterocycles. The first-order valence-corrected chi connectivity index (χ1v) is 34.5. The Bertz CT molecular complexity index is 3000. The van der Waals surface area contributed by atoms with Gasteiger partial charge in [-0.15, -0.1) is 0 Å². The van der Waals surface area contributed by atoms with E-state index in [1.54, 1.807) is 13.0 Å². The maximum atomic E-state index is 14.1. The van der Waals surface area contributed by atoms with Crippen molar-refractivity contribution in [1.82, 2.24) is 10.6 Å². The zero-order valence-corrected chi connectivity index (χ0v) is 59.4. The van der Waals surface area contributed by atoms with Crippen LogP contribution in [0, 0.1) is 5.41 Å². The number of rotatable bonds is 36. The van der Waals surface area contributed by atoms with Gasteiger partial charge in [0.05, 0.1) is 32.5 Å². The summed E-state index contributed by atoms with van der Waals surface area (Å²) < 4.78 is 88.3. The van der Waals surface area contributed by atoms with Crippen molar-refractivity contribution >= 4 is 43.5 Å². The molecular formula is C64H104N5O32P. The molecule has 5 amide bonds. The molecule has 582 valence electrons. The highest BCUT2D eigenvalue weighted by atomic mass is 31.2. The minimum Gasteiger partial charge on any atom is -0.479 e. The Balaban J connectivity index is 1.41. The van der Waals surface area contributed by atoms with Gasteiger partial charge in [-0.3, -0.25) is 28.2 Å². The zero-order chi connectivity index (χ0) is 76.6. The maximum Gasteiger partial charge on any atom is 0.474 e. The third kappa shape index (κ3) is 24.6. The minimum absolute atomic E-state index is 0.138. The van der Waals surface area contributed by atoms with Crippen LogP contribution >= 0.6 is 7.82 Å². The van der Waals surface area contributed by atoms with Crippen molar-refractivity contribution in [1.29, 1.82) is 0 Å². The number of primary amides is 3. The second kappa shape index (κ2) is 38.8. The first kappa shape index (κ1) is 87.3. The van der Waals surface area contributed by atoms with E-state index in [2.05, 4.69) is 70.1 Å². The number of aliphatic hydroxyl groups excluding tert-OH is 9. The van der Waals surface area contributed by atoms with Crippen molar-refractivity contribution in [3.05, 3.63) is 59.3 Å². The molecule has 37 nitrogen and oxygen atoms in total. The van der Waals surface area contributed by atoms with Crippen LogP contribution in [0.1, 0.15) is 114 Å². The Morgan fingerprint density at radius 2 is 1.23 bits per heavy atom. The number of phosphoric ester groups is 1. The van der Waals surface area contributed by atoms with E-state index in [9.17, 15) is 94.4 Å². The molecule has 0 aromatic rings. The summed E-state index contributed by atoms with van der Waals surface area (Å²) in [5, 5.41) is 125. The lowest BCUT2D eigenvalue weighted by atomic mass is 9.85. The molecule has 27 atom stereocenters. The van der Waals surface area contributed by atoms with Crippen LogP contribution in [0.25, 0.3) is 0 Å². The molecule has 1 unspecified atom stereocenters. The fourth-order valence-electron chi connectivity index (χ4n) is 11.7. The van der Waals surface area contributed by atoms with Crippen LogP contribution in [0.3, 0.4) is 0 Å². The monoisotopic (exact) mass is 1490 g/mol. The number of aliphatic carboxylic acids is 1. The predicted molar refractivity (Wildman–Crippen MR) is 349 cm³/mol. The van der Waals surface area contributed by atoms with Gasteiger partial charge in [0.1, 0.15) is 90.9 Å². The molecule has 5 aliphatic rings. The van der Waals surface area contributed by atoms with E-state index in [1.807, 2.05) is 6.08 Å². The summed E-state index contributed by atoms with van der Waals surface area (Å²) in [5.41, 5.74) is 17.9. The maximum absolute atomic E-state index is 14.1. The molecule has 102 heavy (non-hydrogen) atoms. The molecule has 20 N–H and O–H groups in total. The van der Waals surface area contributed by atoms with Gasteiger partial charge in [-0.25, -0.2) is 14.2 Å². The molecule has 38 heteroatoms. The van der Waals surface area contributed by atoms with E-state index in [0.717, 1.165) is 64.0 Å². The number of carbonyl (C=O) groups excluding carboxylic acids is 5. The molecule has 0 spiro atoms. The number of allylic oxidation sites excluding steroid dienone is 8. The molecule has 5 heterocycles. The smallest absolute Gasteiger partial charge is 0.474 e. The van der Waals surface area contributed by atoms with E-state index >= 15 is 0 Å². The standard InChI is InChI=1S/C64H104N5O32P/c1-28(2)15-14-17-29(3)18-19-31(5)20-23-63(9,10)22-13-12-16-30(4)21-24-89-37(56(83)84)27-91-102(87,88)101-61-51(52(100-62(67)85)64(11,86)53(99-61)55(66)82)98-58-39(69-34(8)72)42(75)49(36(94-58)26-90-59-46(79)43(76)40(73)35(25-70)93-59)96-57-38(68-33(7)71)41(74)48(32(6)92-57)95-60-47(80)44(77)45(78)50(97-60)54(65)81/h13,15,18,21-22,32,35-53,57-61,70,73-80,86H,5,12,14,16-17,19-20,23-27H2,1-4,6-11H3,(H2,65,81)(H2,66,82)(H2,67,85)(H,68,71)(H,69,72)(H,83,84)(H,87,88)/b22-13+,29-18+,30-21-/t32-,35-,36-,37+,38-,39-,40-,41-,42-,43+,44+,45-,46-,47-,48-,49-,50+,51-,52-,53-,57+,58+,59-,60-,61-,64+/m1/s1. The average Bonchev–Trinajstić information content (AvgIpc) is 0.750. The van der Waals surface area contributed by atoms with E-state index in [0.29, 0.717) is 12.8 Å². The number of phosphoric acid groups is 1. The van der Waals surface area contributed by atoms with Crippen LogP contribution in [-0.2, 0) is 89.7 Å². The number of amides is 5. The van der Waals surface area contributed by atoms with Gasteiger partial charge in [-0.1, -0.05) is 73.1 Å². The highest BCUT2D eigenvalue weighted by Crippen LogP contribution is 2.49. The van der Waals surface area contributed by atoms with Gasteiger partial charge >= 0.3 is 19.9 Å². The fraction of sp³-hybridized carbons (Fsp3) is 0.750. The lowest BCUT2D eigenvalue weighted by Gasteiger charge is -2.52. The van der Waals surface area contributed by atoms with Gasteiger partial charge in [0.15, 0.2) is 62.0 Å². The number of aliphatic hydroxyl groups is 10. The summed E-state index contributed by atoms with van der Waals surface area (Å²) >= 11 is 0. The van der Waals surface area contributed by atoms with Crippen LogP contribution < -0.4 is 27.8 Å². The molecule has 0 aliphatic carbocycles. The van der Waals surface area contributed by atoms with Crippen LogP contribution in [-0.4, -0.2) is 282 Å². The summed E-state index contributed by atoms with van der Waals surface area (Å²) in [6.07, 6.45) is -33.7. The van der Waals surface area contributed by atoms with Crippen molar-refractivity contribution in [3.8, 4) is 0 Å². The minimum atomic E-state index is -5.82. The van der Waals surface area contributed by atoms with Gasteiger partial charge in [-0.2, -0.15) is 0 Å². The van der Waals surface area contributed by atoms with E-state index in [1.165, 1.54) is 18.1 Å². The van der Waals surface area contributed by atoms with Crippen molar-refractivity contribution < 1.29 is 156 Å². The average molecular weight is 1490 g/mol. The van der Waals surface area contributed by atoms with Crippen molar-refractivity contribution in [2.75, 3.05) is 26.4 Å². The second-order valence-electron chi connectivity index (χ2n) is 27.0. The summed E-state index contributed by atoms with van der Waals surface area (Å²) in [5.74, 6) is -6.40. The molecule has 0 saturated carbocycles. The van der Waals surface area contributed by atoms with Gasteiger partial charge in [0.2, 0.25) is 23.6 Å². The third-order valence-electron chi connectivity index (χ3n) is 17.5. The Kier molecular flexibility index (Phi) is 33.2. The van der Waals surface area contributed by atoms with Crippen molar-refractivity contribution in [2.45, 2.75) is 273 Å². The topological polar surface area (TPSA) is 584 Å². The first-order chi connectivity index (χ1) is 47.5. The predicted octanol–water partition coefficient (Wildman–Crippen LogP) is -2.79. The van der Waals surface area contributed by atoms with Gasteiger partial charge in [-0.05, 0) is 91.9 Å². The number of carbonyl (C=O) groups is 6. The Labute approximate surface area is 589 Å². The molecule has 5 rings (SSSR count). The van der Waals surface area contributed by atoms with Crippen LogP contribution in [0.5, 0.6) is 0 Å². The molecule has 0 radical (unpaired) electrons. The van der Waals surface area contributed by atoms with Crippen LogP contribution in [0.15, 0.2) is 59.3 Å². The number of ether oxygens (including phenoxy) is 11. The largest absolute Gasteiger partial charge is 0.479 e.